The fraction of sp³-hybridized carbons (Fsp3) is 0.455. The number of hydrogen-bond acceptors (Lipinski definition) is 2. The molecule has 0 aromatic heterocycles. The first-order valence-electron chi connectivity index (χ1n) is 4.87. The van der Waals surface area contributed by atoms with Crippen molar-refractivity contribution < 1.29 is 17.9 Å². The molecular weight excluding hydrogens is 219 g/mol. The molecule has 0 heterocycles. The third kappa shape index (κ3) is 3.73. The highest BCUT2D eigenvalue weighted by molar-refractivity contribution is 5.35. The number of nitrogens with one attached hydrogen (secondary N) is 1. The van der Waals surface area contributed by atoms with Crippen LogP contribution in [-0.2, 0) is 0 Å². The Hall–Kier alpha value is -1.23. The molecule has 90 valence electrons. The minimum absolute atomic E-state index is 0.405. The van der Waals surface area contributed by atoms with E-state index in [1.54, 1.807) is 31.2 Å². The Morgan fingerprint density at radius 2 is 1.94 bits per heavy atom. The summed E-state index contributed by atoms with van der Waals surface area (Å²) in [6.45, 7) is 0.663. The van der Waals surface area contributed by atoms with Crippen molar-refractivity contribution in [2.24, 2.45) is 0 Å². The van der Waals surface area contributed by atoms with Crippen LogP contribution in [0.15, 0.2) is 24.3 Å². The van der Waals surface area contributed by atoms with Crippen molar-refractivity contribution in [2.75, 3.05) is 13.7 Å². The first-order valence-corrected chi connectivity index (χ1v) is 4.87. The molecule has 5 heteroatoms. The van der Waals surface area contributed by atoms with E-state index < -0.39 is 18.8 Å². The van der Waals surface area contributed by atoms with Crippen LogP contribution in [0.4, 0.5) is 13.2 Å². The minimum Gasteiger partial charge on any atom is -0.496 e. The van der Waals surface area contributed by atoms with Gasteiger partial charge in [-0.15, -0.1) is 0 Å². The third-order valence-electron chi connectivity index (χ3n) is 2.21. The molecule has 1 N–H and O–H groups in total. The van der Waals surface area contributed by atoms with E-state index >= 15 is 0 Å². The Labute approximate surface area is 92.4 Å². The van der Waals surface area contributed by atoms with E-state index in [1.807, 2.05) is 0 Å². The fourth-order valence-corrected chi connectivity index (χ4v) is 1.40. The molecule has 2 nitrogen and oxygen atoms in total. The van der Waals surface area contributed by atoms with Crippen LogP contribution in [0.2, 0.25) is 0 Å². The third-order valence-corrected chi connectivity index (χ3v) is 2.21. The van der Waals surface area contributed by atoms with E-state index in [1.165, 1.54) is 7.11 Å². The van der Waals surface area contributed by atoms with Gasteiger partial charge in [0.05, 0.1) is 13.7 Å². The number of para-hydroxylation sites is 1. The molecule has 1 aromatic carbocycles. The SMILES string of the molecule is COc1ccccc1[C@H](C)NCC(F)(F)F. The summed E-state index contributed by atoms with van der Waals surface area (Å²) in [5.74, 6) is 0.588. The zero-order valence-corrected chi connectivity index (χ0v) is 9.14. The summed E-state index contributed by atoms with van der Waals surface area (Å²) in [5, 5.41) is 2.41. The van der Waals surface area contributed by atoms with Gasteiger partial charge in [0, 0.05) is 11.6 Å². The number of rotatable bonds is 4. The molecule has 16 heavy (non-hydrogen) atoms. The molecule has 0 spiro atoms. The first-order chi connectivity index (χ1) is 7.44. The van der Waals surface area contributed by atoms with Crippen molar-refractivity contribution in [1.29, 1.82) is 0 Å². The molecule has 0 aliphatic carbocycles. The van der Waals surface area contributed by atoms with Crippen LogP contribution in [0.1, 0.15) is 18.5 Å². The fourth-order valence-electron chi connectivity index (χ4n) is 1.40. The van der Waals surface area contributed by atoms with Gasteiger partial charge in [-0.05, 0) is 13.0 Å². The summed E-state index contributed by atoms with van der Waals surface area (Å²) in [5.41, 5.74) is 0.717. The minimum atomic E-state index is -4.20. The lowest BCUT2D eigenvalue weighted by Crippen LogP contribution is -2.31. The van der Waals surface area contributed by atoms with Gasteiger partial charge >= 0.3 is 6.18 Å². The van der Waals surface area contributed by atoms with E-state index in [9.17, 15) is 13.2 Å². The second-order valence-corrected chi connectivity index (χ2v) is 3.46. The highest BCUT2D eigenvalue weighted by Gasteiger charge is 2.27. The van der Waals surface area contributed by atoms with Crippen molar-refractivity contribution in [1.82, 2.24) is 5.32 Å². The zero-order valence-electron chi connectivity index (χ0n) is 9.14. The summed E-state index contributed by atoms with van der Waals surface area (Å²) in [6, 6.07) is 6.61. The maximum Gasteiger partial charge on any atom is 0.401 e. The average Bonchev–Trinajstić information content (AvgIpc) is 2.25. The lowest BCUT2D eigenvalue weighted by molar-refractivity contribution is -0.126. The number of benzene rings is 1. The summed E-state index contributed by atoms with van der Waals surface area (Å²) in [4.78, 5) is 0. The molecule has 0 saturated carbocycles. The van der Waals surface area contributed by atoms with Gasteiger partial charge in [-0.3, -0.25) is 0 Å². The second-order valence-electron chi connectivity index (χ2n) is 3.46. The van der Waals surface area contributed by atoms with Gasteiger partial charge in [-0.25, -0.2) is 0 Å². The zero-order chi connectivity index (χ0) is 12.2. The van der Waals surface area contributed by atoms with Crippen LogP contribution in [0.25, 0.3) is 0 Å². The van der Waals surface area contributed by atoms with Crippen molar-refractivity contribution in [3.63, 3.8) is 0 Å². The predicted molar refractivity (Wildman–Crippen MR) is 55.5 cm³/mol. The van der Waals surface area contributed by atoms with Crippen LogP contribution in [-0.4, -0.2) is 19.8 Å². The second kappa shape index (κ2) is 5.21. The molecule has 0 aliphatic rings. The van der Waals surface area contributed by atoms with Gasteiger partial charge in [0.1, 0.15) is 5.75 Å². The topological polar surface area (TPSA) is 21.3 Å². The summed E-state index contributed by atoms with van der Waals surface area (Å²) >= 11 is 0. The van der Waals surface area contributed by atoms with E-state index in [0.29, 0.717) is 11.3 Å². The van der Waals surface area contributed by atoms with Gasteiger partial charge in [-0.1, -0.05) is 18.2 Å². The molecule has 0 unspecified atom stereocenters. The van der Waals surface area contributed by atoms with Crippen LogP contribution in [0, 0.1) is 0 Å². The molecule has 1 atom stereocenters. The van der Waals surface area contributed by atoms with E-state index in [-0.39, 0.29) is 0 Å². The summed E-state index contributed by atoms with van der Waals surface area (Å²) in [6.07, 6.45) is -4.20. The van der Waals surface area contributed by atoms with Crippen LogP contribution in [0.3, 0.4) is 0 Å². The molecule has 0 radical (unpaired) electrons. The highest BCUT2D eigenvalue weighted by atomic mass is 19.4. The number of methoxy groups -OCH3 is 1. The molecule has 0 fully saturated rings. The Bertz CT molecular complexity index is 338. The Balaban J connectivity index is 2.69. The highest BCUT2D eigenvalue weighted by Crippen LogP contribution is 2.25. The van der Waals surface area contributed by atoms with Gasteiger partial charge in [0.2, 0.25) is 0 Å². The predicted octanol–water partition coefficient (Wildman–Crippen LogP) is 2.91. The summed E-state index contributed by atoms with van der Waals surface area (Å²) < 4.78 is 41.1. The maximum atomic E-state index is 12.0. The maximum absolute atomic E-state index is 12.0. The number of halogens is 3. The number of alkyl halides is 3. The quantitative estimate of drug-likeness (QED) is 0.863. The van der Waals surface area contributed by atoms with Crippen molar-refractivity contribution in [3.05, 3.63) is 29.8 Å². The lowest BCUT2D eigenvalue weighted by atomic mass is 10.1. The van der Waals surface area contributed by atoms with Gasteiger partial charge in [0.25, 0.3) is 0 Å². The normalized spacial score (nSPS) is 13.6. The Kier molecular flexibility index (Phi) is 4.18. The smallest absolute Gasteiger partial charge is 0.401 e. The van der Waals surface area contributed by atoms with Gasteiger partial charge in [0.15, 0.2) is 0 Å². The van der Waals surface area contributed by atoms with E-state index in [4.69, 9.17) is 4.74 Å². The van der Waals surface area contributed by atoms with Crippen LogP contribution in [0.5, 0.6) is 5.75 Å². The Morgan fingerprint density at radius 1 is 1.31 bits per heavy atom. The van der Waals surface area contributed by atoms with Crippen LogP contribution >= 0.6 is 0 Å². The first kappa shape index (κ1) is 12.8. The Morgan fingerprint density at radius 3 is 2.50 bits per heavy atom. The molecule has 1 aromatic rings. The molecule has 0 saturated heterocycles. The van der Waals surface area contributed by atoms with Crippen molar-refractivity contribution >= 4 is 0 Å². The average molecular weight is 233 g/mol. The molecule has 0 amide bonds. The van der Waals surface area contributed by atoms with E-state index in [0.717, 1.165) is 0 Å². The molecule has 0 aliphatic heterocycles. The van der Waals surface area contributed by atoms with E-state index in [2.05, 4.69) is 5.32 Å². The standard InChI is InChI=1S/C11H14F3NO/c1-8(15-7-11(12,13)14)9-5-3-4-6-10(9)16-2/h3-6,8,15H,7H2,1-2H3/t8-/m0/s1. The molecule has 0 bridgehead atoms. The molecular formula is C11H14F3NO. The monoisotopic (exact) mass is 233 g/mol. The number of ether oxygens (including phenoxy) is 1. The van der Waals surface area contributed by atoms with Crippen molar-refractivity contribution in [3.8, 4) is 5.75 Å². The van der Waals surface area contributed by atoms with Gasteiger partial charge < -0.3 is 10.1 Å². The largest absolute Gasteiger partial charge is 0.496 e. The van der Waals surface area contributed by atoms with Crippen molar-refractivity contribution in [2.45, 2.75) is 19.1 Å². The van der Waals surface area contributed by atoms with Gasteiger partial charge in [-0.2, -0.15) is 13.2 Å². The molecule has 1 rings (SSSR count). The number of hydrogen-bond donors (Lipinski definition) is 1. The van der Waals surface area contributed by atoms with Crippen LogP contribution < -0.4 is 10.1 Å². The lowest BCUT2D eigenvalue weighted by Gasteiger charge is -2.18. The summed E-state index contributed by atoms with van der Waals surface area (Å²) in [7, 11) is 1.50.